The minimum Gasteiger partial charge on any atom is -0.485 e. The van der Waals surface area contributed by atoms with Gasteiger partial charge in [-0.1, -0.05) is 13.8 Å². The van der Waals surface area contributed by atoms with Crippen molar-refractivity contribution in [2.75, 3.05) is 6.61 Å². The van der Waals surface area contributed by atoms with E-state index in [0.29, 0.717) is 13.0 Å². The number of aromatic nitrogens is 1. The van der Waals surface area contributed by atoms with Gasteiger partial charge in [0, 0.05) is 18.7 Å². The van der Waals surface area contributed by atoms with Crippen LogP contribution >= 0.6 is 0 Å². The fourth-order valence-electron chi connectivity index (χ4n) is 2.14. The molecule has 1 saturated carbocycles. The number of carbonyl (C=O) groups excluding carboxylic acids is 1. The van der Waals surface area contributed by atoms with Crippen LogP contribution in [0.1, 0.15) is 38.1 Å². The molecule has 0 amide bonds. The Morgan fingerprint density at radius 1 is 1.37 bits per heavy atom. The van der Waals surface area contributed by atoms with Crippen LogP contribution in [0.2, 0.25) is 0 Å². The second kappa shape index (κ2) is 6.15. The number of Topliss-reactive ketones (excluding diaryl/α,β-unsaturated/α-hetero) is 1. The Kier molecular flexibility index (Phi) is 4.53. The summed E-state index contributed by atoms with van der Waals surface area (Å²) in [6, 6.07) is 3.86. The summed E-state index contributed by atoms with van der Waals surface area (Å²) in [5, 5.41) is 0. The summed E-state index contributed by atoms with van der Waals surface area (Å²) in [6.45, 7) is 6.63. The van der Waals surface area contributed by atoms with Gasteiger partial charge in [0.2, 0.25) is 0 Å². The van der Waals surface area contributed by atoms with E-state index in [2.05, 4.69) is 4.98 Å². The van der Waals surface area contributed by atoms with E-state index in [-0.39, 0.29) is 11.9 Å². The first-order valence-electron chi connectivity index (χ1n) is 6.93. The minimum absolute atomic E-state index is 0.136. The lowest BCUT2D eigenvalue weighted by Crippen LogP contribution is -2.52. The van der Waals surface area contributed by atoms with E-state index in [1.54, 1.807) is 0 Å². The quantitative estimate of drug-likeness (QED) is 0.791. The van der Waals surface area contributed by atoms with Crippen LogP contribution in [0.5, 0.6) is 5.75 Å². The van der Waals surface area contributed by atoms with Crippen molar-refractivity contribution in [1.82, 2.24) is 4.98 Å². The molecule has 1 fully saturated rings. The van der Waals surface area contributed by atoms with Crippen LogP contribution in [0.15, 0.2) is 12.1 Å². The number of ether oxygens (including phenoxy) is 2. The molecule has 2 atom stereocenters. The van der Waals surface area contributed by atoms with Gasteiger partial charge in [-0.3, -0.25) is 9.78 Å². The Bertz CT molecular complexity index is 459. The van der Waals surface area contributed by atoms with Gasteiger partial charge in [-0.2, -0.15) is 0 Å². The van der Waals surface area contributed by atoms with E-state index in [0.717, 1.165) is 30.0 Å². The highest BCUT2D eigenvalue weighted by Crippen LogP contribution is 2.27. The largest absolute Gasteiger partial charge is 0.485 e. The highest BCUT2D eigenvalue weighted by atomic mass is 16.5. The molecule has 1 aliphatic carbocycles. The van der Waals surface area contributed by atoms with E-state index < -0.39 is 6.10 Å². The monoisotopic (exact) mass is 263 g/mol. The molecule has 0 bridgehead atoms. The molecule has 104 valence electrons. The molecule has 1 heterocycles. The topological polar surface area (TPSA) is 48.4 Å². The van der Waals surface area contributed by atoms with Crippen molar-refractivity contribution >= 4 is 5.78 Å². The standard InChI is InChI=1S/C15H21NO3/c1-4-8-18-15-12(17)9-14(15)19-13-7-6-10(3)16-11(13)5-2/h6-7,14-15H,4-5,8-9H2,1-3H3. The molecule has 0 spiro atoms. The molecule has 0 aliphatic heterocycles. The molecule has 1 aliphatic rings. The average molecular weight is 263 g/mol. The maximum absolute atomic E-state index is 11.5. The van der Waals surface area contributed by atoms with Crippen LogP contribution in [-0.4, -0.2) is 29.6 Å². The van der Waals surface area contributed by atoms with Crippen molar-refractivity contribution in [3.05, 3.63) is 23.5 Å². The van der Waals surface area contributed by atoms with Crippen LogP contribution in [0.25, 0.3) is 0 Å². The zero-order valence-corrected chi connectivity index (χ0v) is 11.8. The third-order valence-corrected chi connectivity index (χ3v) is 3.24. The number of nitrogens with zero attached hydrogens (tertiary/aromatic N) is 1. The van der Waals surface area contributed by atoms with Crippen molar-refractivity contribution in [2.24, 2.45) is 0 Å². The van der Waals surface area contributed by atoms with Crippen molar-refractivity contribution < 1.29 is 14.3 Å². The zero-order chi connectivity index (χ0) is 13.8. The summed E-state index contributed by atoms with van der Waals surface area (Å²) in [4.78, 5) is 16.0. The first-order chi connectivity index (χ1) is 9.15. The fraction of sp³-hybridized carbons (Fsp3) is 0.600. The van der Waals surface area contributed by atoms with Gasteiger partial charge in [0.1, 0.15) is 11.9 Å². The van der Waals surface area contributed by atoms with Gasteiger partial charge in [0.25, 0.3) is 0 Å². The van der Waals surface area contributed by atoms with Crippen molar-refractivity contribution in [3.8, 4) is 5.75 Å². The molecular weight excluding hydrogens is 242 g/mol. The number of pyridine rings is 1. The van der Waals surface area contributed by atoms with Gasteiger partial charge in [-0.25, -0.2) is 0 Å². The van der Waals surface area contributed by atoms with Crippen molar-refractivity contribution in [3.63, 3.8) is 0 Å². The second-order valence-electron chi connectivity index (χ2n) is 4.87. The van der Waals surface area contributed by atoms with Crippen molar-refractivity contribution in [2.45, 2.75) is 52.2 Å². The third-order valence-electron chi connectivity index (χ3n) is 3.24. The molecule has 0 N–H and O–H groups in total. The fourth-order valence-corrected chi connectivity index (χ4v) is 2.14. The summed E-state index contributed by atoms with van der Waals surface area (Å²) >= 11 is 0. The number of carbonyl (C=O) groups is 1. The van der Waals surface area contributed by atoms with Crippen molar-refractivity contribution in [1.29, 1.82) is 0 Å². The lowest BCUT2D eigenvalue weighted by atomic mass is 9.90. The Labute approximate surface area is 114 Å². The summed E-state index contributed by atoms with van der Waals surface area (Å²) < 4.78 is 11.4. The first-order valence-corrected chi connectivity index (χ1v) is 6.93. The molecule has 2 rings (SSSR count). The van der Waals surface area contributed by atoms with E-state index in [1.807, 2.05) is 32.9 Å². The molecule has 4 nitrogen and oxygen atoms in total. The maximum atomic E-state index is 11.5. The van der Waals surface area contributed by atoms with E-state index in [9.17, 15) is 4.79 Å². The lowest BCUT2D eigenvalue weighted by Gasteiger charge is -2.35. The maximum Gasteiger partial charge on any atom is 0.169 e. The third kappa shape index (κ3) is 3.13. The van der Waals surface area contributed by atoms with Gasteiger partial charge in [-0.05, 0) is 31.9 Å². The number of aryl methyl sites for hydroxylation is 2. The molecular formula is C15H21NO3. The molecule has 0 radical (unpaired) electrons. The lowest BCUT2D eigenvalue weighted by molar-refractivity contribution is -0.154. The van der Waals surface area contributed by atoms with Gasteiger partial charge < -0.3 is 9.47 Å². The summed E-state index contributed by atoms with van der Waals surface area (Å²) in [6.07, 6.45) is 1.60. The SMILES string of the molecule is CCCOC1C(=O)CC1Oc1ccc(C)nc1CC. The van der Waals surface area contributed by atoms with Gasteiger partial charge in [0.05, 0.1) is 5.69 Å². The van der Waals surface area contributed by atoms with Crippen LogP contribution in [0.3, 0.4) is 0 Å². The van der Waals surface area contributed by atoms with Crippen LogP contribution in [0, 0.1) is 6.92 Å². The number of rotatable bonds is 6. The highest BCUT2D eigenvalue weighted by molar-refractivity contribution is 5.90. The van der Waals surface area contributed by atoms with Gasteiger partial charge >= 0.3 is 0 Å². The first kappa shape index (κ1) is 14.0. The van der Waals surface area contributed by atoms with Gasteiger partial charge in [0.15, 0.2) is 11.9 Å². The summed E-state index contributed by atoms with van der Waals surface area (Å²) in [7, 11) is 0. The zero-order valence-electron chi connectivity index (χ0n) is 11.8. The number of ketones is 1. The van der Waals surface area contributed by atoms with Crippen LogP contribution in [0.4, 0.5) is 0 Å². The van der Waals surface area contributed by atoms with Crippen LogP contribution in [-0.2, 0) is 16.0 Å². The molecule has 2 unspecified atom stereocenters. The number of hydrogen-bond donors (Lipinski definition) is 0. The predicted octanol–water partition coefficient (Wildman–Crippen LogP) is 2.47. The molecule has 1 aromatic heterocycles. The smallest absolute Gasteiger partial charge is 0.169 e. The molecule has 0 saturated heterocycles. The molecule has 0 aromatic carbocycles. The van der Waals surface area contributed by atoms with E-state index >= 15 is 0 Å². The van der Waals surface area contributed by atoms with Gasteiger partial charge in [-0.15, -0.1) is 0 Å². The Morgan fingerprint density at radius 2 is 2.16 bits per heavy atom. The Hall–Kier alpha value is -1.42. The normalized spacial score (nSPS) is 22.2. The van der Waals surface area contributed by atoms with E-state index in [1.165, 1.54) is 0 Å². The summed E-state index contributed by atoms with van der Waals surface area (Å²) in [5.41, 5.74) is 1.92. The van der Waals surface area contributed by atoms with Crippen LogP contribution < -0.4 is 4.74 Å². The summed E-state index contributed by atoms with van der Waals surface area (Å²) in [5.74, 6) is 0.910. The average Bonchev–Trinajstić information content (AvgIpc) is 2.40. The second-order valence-corrected chi connectivity index (χ2v) is 4.87. The minimum atomic E-state index is -0.397. The molecule has 1 aromatic rings. The number of hydrogen-bond acceptors (Lipinski definition) is 4. The Balaban J connectivity index is 2.03. The molecule has 4 heteroatoms. The molecule has 19 heavy (non-hydrogen) atoms. The Morgan fingerprint density at radius 3 is 2.79 bits per heavy atom. The highest BCUT2D eigenvalue weighted by Gasteiger charge is 2.42. The predicted molar refractivity (Wildman–Crippen MR) is 72.4 cm³/mol. The van der Waals surface area contributed by atoms with E-state index in [4.69, 9.17) is 9.47 Å².